The van der Waals surface area contributed by atoms with Gasteiger partial charge in [-0.25, -0.2) is 0 Å². The summed E-state index contributed by atoms with van der Waals surface area (Å²) in [6.45, 7) is -1.41. The Labute approximate surface area is 94.9 Å². The number of carbonyl (C=O) groups is 1. The highest BCUT2D eigenvalue weighted by Crippen LogP contribution is 2.24. The highest BCUT2D eigenvalue weighted by atomic mass is 19.4. The van der Waals surface area contributed by atoms with Gasteiger partial charge in [0, 0.05) is 13.1 Å². The molecule has 1 aromatic carbocycles. The molecule has 94 valence electrons. The maximum atomic E-state index is 12.1. The van der Waals surface area contributed by atoms with E-state index in [4.69, 9.17) is 5.11 Å². The molecule has 0 bridgehead atoms. The van der Waals surface area contributed by atoms with Crippen molar-refractivity contribution >= 4 is 5.91 Å². The second kappa shape index (κ2) is 4.52. The van der Waals surface area contributed by atoms with Gasteiger partial charge < -0.3 is 15.1 Å². The van der Waals surface area contributed by atoms with Gasteiger partial charge in [0.15, 0.2) is 0 Å². The van der Waals surface area contributed by atoms with E-state index in [2.05, 4.69) is 0 Å². The molecule has 1 amide bonds. The van der Waals surface area contributed by atoms with Crippen LogP contribution in [-0.4, -0.2) is 40.8 Å². The molecule has 0 radical (unpaired) electrons. The average Bonchev–Trinajstić information content (AvgIpc) is 2.14. The van der Waals surface area contributed by atoms with Gasteiger partial charge in [0.25, 0.3) is 5.91 Å². The van der Waals surface area contributed by atoms with Crippen molar-refractivity contribution < 1.29 is 28.2 Å². The van der Waals surface area contributed by atoms with Gasteiger partial charge in [0.1, 0.15) is 18.0 Å². The highest BCUT2D eigenvalue weighted by molar-refractivity contribution is 5.96. The summed E-state index contributed by atoms with van der Waals surface area (Å²) in [4.78, 5) is 12.0. The third kappa shape index (κ3) is 3.54. The number of nitrogens with zero attached hydrogens (tertiary/aromatic N) is 1. The number of carbonyl (C=O) groups excluding carboxylic acids is 1. The van der Waals surface area contributed by atoms with Crippen molar-refractivity contribution in [2.24, 2.45) is 0 Å². The van der Waals surface area contributed by atoms with Crippen molar-refractivity contribution in [2.45, 2.75) is 6.18 Å². The topological polar surface area (TPSA) is 60.8 Å². The largest absolute Gasteiger partial charge is 0.508 e. The molecule has 2 N–H and O–H groups in total. The van der Waals surface area contributed by atoms with Crippen LogP contribution in [0.2, 0.25) is 0 Å². The summed E-state index contributed by atoms with van der Waals surface area (Å²) in [5.74, 6) is -1.82. The van der Waals surface area contributed by atoms with E-state index in [1.807, 2.05) is 0 Å². The van der Waals surface area contributed by atoms with Gasteiger partial charge in [-0.3, -0.25) is 4.79 Å². The van der Waals surface area contributed by atoms with Crippen molar-refractivity contribution in [3.63, 3.8) is 0 Å². The van der Waals surface area contributed by atoms with Crippen LogP contribution < -0.4 is 0 Å². The SMILES string of the molecule is CN(CC(F)(F)F)C(=O)c1ccc(O)cc1O. The monoisotopic (exact) mass is 249 g/mol. The smallest absolute Gasteiger partial charge is 0.406 e. The molecule has 0 aromatic heterocycles. The zero-order valence-electron chi connectivity index (χ0n) is 8.82. The molecule has 0 aliphatic heterocycles. The molecule has 0 aliphatic rings. The van der Waals surface area contributed by atoms with Crippen LogP contribution in [-0.2, 0) is 0 Å². The minimum atomic E-state index is -4.50. The molecule has 0 aliphatic carbocycles. The number of benzene rings is 1. The standard InChI is InChI=1S/C10H10F3NO3/c1-14(5-10(11,12)13)9(17)7-3-2-6(15)4-8(7)16/h2-4,15-16H,5H2,1H3. The maximum absolute atomic E-state index is 12.1. The van der Waals surface area contributed by atoms with Crippen molar-refractivity contribution in [1.29, 1.82) is 0 Å². The number of rotatable bonds is 2. The lowest BCUT2D eigenvalue weighted by atomic mass is 10.1. The number of alkyl halides is 3. The number of phenolic OH excluding ortho intramolecular Hbond substituents is 2. The fourth-order valence-electron chi connectivity index (χ4n) is 1.25. The molecular formula is C10H10F3NO3. The lowest BCUT2D eigenvalue weighted by Crippen LogP contribution is -2.35. The van der Waals surface area contributed by atoms with Crippen molar-refractivity contribution in [1.82, 2.24) is 4.90 Å². The van der Waals surface area contributed by atoms with Crippen molar-refractivity contribution in [3.05, 3.63) is 23.8 Å². The quantitative estimate of drug-likeness (QED) is 0.839. The number of amides is 1. The maximum Gasteiger partial charge on any atom is 0.406 e. The van der Waals surface area contributed by atoms with E-state index >= 15 is 0 Å². The van der Waals surface area contributed by atoms with Crippen LogP contribution in [0.1, 0.15) is 10.4 Å². The van der Waals surface area contributed by atoms with E-state index in [-0.39, 0.29) is 11.3 Å². The molecule has 1 aromatic rings. The zero-order chi connectivity index (χ0) is 13.2. The molecule has 7 heteroatoms. The summed E-state index contributed by atoms with van der Waals surface area (Å²) in [5.41, 5.74) is -0.297. The predicted molar refractivity (Wildman–Crippen MR) is 52.8 cm³/mol. The Bertz CT molecular complexity index is 431. The second-order valence-electron chi connectivity index (χ2n) is 3.48. The van der Waals surface area contributed by atoms with E-state index in [9.17, 15) is 23.1 Å². The molecule has 17 heavy (non-hydrogen) atoms. The van der Waals surface area contributed by atoms with Gasteiger partial charge in [-0.05, 0) is 12.1 Å². The number of phenols is 2. The molecule has 0 spiro atoms. The van der Waals surface area contributed by atoms with E-state index < -0.39 is 24.4 Å². The van der Waals surface area contributed by atoms with Crippen LogP contribution in [0.25, 0.3) is 0 Å². The Hall–Kier alpha value is -1.92. The van der Waals surface area contributed by atoms with Crippen LogP contribution in [0.5, 0.6) is 11.5 Å². The summed E-state index contributed by atoms with van der Waals surface area (Å²) in [6, 6.07) is 3.04. The minimum Gasteiger partial charge on any atom is -0.508 e. The Kier molecular flexibility index (Phi) is 3.50. The van der Waals surface area contributed by atoms with Gasteiger partial charge in [0.2, 0.25) is 0 Å². The van der Waals surface area contributed by atoms with Gasteiger partial charge in [0.05, 0.1) is 5.56 Å². The Morgan fingerprint density at radius 3 is 2.41 bits per heavy atom. The van der Waals surface area contributed by atoms with Gasteiger partial charge in [-0.15, -0.1) is 0 Å². The number of halogens is 3. The highest BCUT2D eigenvalue weighted by Gasteiger charge is 2.32. The molecule has 0 atom stereocenters. The third-order valence-corrected chi connectivity index (χ3v) is 1.97. The van der Waals surface area contributed by atoms with Gasteiger partial charge in [-0.2, -0.15) is 13.2 Å². The Morgan fingerprint density at radius 1 is 1.35 bits per heavy atom. The fourth-order valence-corrected chi connectivity index (χ4v) is 1.25. The first-order chi connectivity index (χ1) is 7.70. The van der Waals surface area contributed by atoms with E-state index in [1.54, 1.807) is 0 Å². The van der Waals surface area contributed by atoms with Crippen molar-refractivity contribution in [3.8, 4) is 11.5 Å². The van der Waals surface area contributed by atoms with Crippen LogP contribution >= 0.6 is 0 Å². The number of aromatic hydroxyl groups is 2. The normalized spacial score (nSPS) is 11.3. The predicted octanol–water partition coefficient (Wildman–Crippen LogP) is 1.73. The molecular weight excluding hydrogens is 239 g/mol. The van der Waals surface area contributed by atoms with Crippen LogP contribution in [0.15, 0.2) is 18.2 Å². The second-order valence-corrected chi connectivity index (χ2v) is 3.48. The molecule has 0 saturated heterocycles. The molecule has 0 fully saturated rings. The van der Waals surface area contributed by atoms with E-state index in [0.29, 0.717) is 4.90 Å². The van der Waals surface area contributed by atoms with E-state index in [1.165, 1.54) is 0 Å². The number of hydrogen-bond donors (Lipinski definition) is 2. The van der Waals surface area contributed by atoms with Crippen LogP contribution in [0.4, 0.5) is 13.2 Å². The summed E-state index contributed by atoms with van der Waals surface area (Å²) in [6.07, 6.45) is -4.50. The first-order valence-corrected chi connectivity index (χ1v) is 4.55. The summed E-state index contributed by atoms with van der Waals surface area (Å²) in [5, 5.41) is 18.3. The van der Waals surface area contributed by atoms with Crippen LogP contribution in [0, 0.1) is 0 Å². The summed E-state index contributed by atoms with van der Waals surface area (Å²) in [7, 11) is 0.974. The molecule has 0 saturated carbocycles. The average molecular weight is 249 g/mol. The van der Waals surface area contributed by atoms with E-state index in [0.717, 1.165) is 25.2 Å². The lowest BCUT2D eigenvalue weighted by Gasteiger charge is -2.19. The molecule has 1 rings (SSSR count). The Balaban J connectivity index is 2.89. The van der Waals surface area contributed by atoms with Gasteiger partial charge >= 0.3 is 6.18 Å². The number of hydrogen-bond acceptors (Lipinski definition) is 3. The van der Waals surface area contributed by atoms with Crippen molar-refractivity contribution in [2.75, 3.05) is 13.6 Å². The molecule has 0 unspecified atom stereocenters. The molecule has 0 heterocycles. The van der Waals surface area contributed by atoms with Crippen LogP contribution in [0.3, 0.4) is 0 Å². The molecule has 4 nitrogen and oxygen atoms in total. The summed E-state index contributed by atoms with van der Waals surface area (Å²) < 4.78 is 36.2. The third-order valence-electron chi connectivity index (χ3n) is 1.97. The zero-order valence-corrected chi connectivity index (χ0v) is 8.82. The summed E-state index contributed by atoms with van der Waals surface area (Å²) >= 11 is 0. The minimum absolute atomic E-state index is 0.280. The Morgan fingerprint density at radius 2 is 1.94 bits per heavy atom. The lowest BCUT2D eigenvalue weighted by molar-refractivity contribution is -0.138. The fraction of sp³-hybridized carbons (Fsp3) is 0.300. The van der Waals surface area contributed by atoms with Gasteiger partial charge in [-0.1, -0.05) is 0 Å². The first-order valence-electron chi connectivity index (χ1n) is 4.55. The first kappa shape index (κ1) is 13.1.